The van der Waals surface area contributed by atoms with Crippen LogP contribution in [0.4, 0.5) is 23.9 Å². The summed E-state index contributed by atoms with van der Waals surface area (Å²) in [7, 11) is 0. The van der Waals surface area contributed by atoms with Crippen LogP contribution in [0, 0.1) is 0 Å². The molecular formula is C24H23ClF3N5O3. The van der Waals surface area contributed by atoms with E-state index < -0.39 is 23.5 Å². The number of carboxylic acid groups (broad SMARTS) is 1. The largest absolute Gasteiger partial charge is 0.465 e. The van der Waals surface area contributed by atoms with Crippen LogP contribution in [0.3, 0.4) is 0 Å². The zero-order valence-corrected chi connectivity index (χ0v) is 20.0. The van der Waals surface area contributed by atoms with Gasteiger partial charge in [-0.3, -0.25) is 0 Å². The van der Waals surface area contributed by atoms with Crippen LogP contribution in [0.5, 0.6) is 0 Å². The molecule has 0 saturated carbocycles. The second-order valence-electron chi connectivity index (χ2n) is 8.30. The monoisotopic (exact) mass is 521 g/mol. The second kappa shape index (κ2) is 10.2. The van der Waals surface area contributed by atoms with E-state index in [1.54, 1.807) is 31.2 Å². The number of piperidine rings is 1. The number of halogens is 4. The van der Waals surface area contributed by atoms with Crippen molar-refractivity contribution in [3.05, 3.63) is 69.6 Å². The SMILES string of the molecule is CCN(C(=O)O)C1CCN(c2nc(-c3ccc(Cl)cc3)n(-c3ccc(C(F)(F)F)cc3)c(=O)n2)CC1. The van der Waals surface area contributed by atoms with Crippen LogP contribution in [0.25, 0.3) is 17.1 Å². The van der Waals surface area contributed by atoms with E-state index in [2.05, 4.69) is 9.97 Å². The smallest absolute Gasteiger partial charge is 0.416 e. The lowest BCUT2D eigenvalue weighted by molar-refractivity contribution is -0.137. The Morgan fingerprint density at radius 2 is 1.69 bits per heavy atom. The molecule has 4 rings (SSSR count). The summed E-state index contributed by atoms with van der Waals surface area (Å²) in [6, 6.07) is 10.6. The van der Waals surface area contributed by atoms with E-state index in [4.69, 9.17) is 11.6 Å². The summed E-state index contributed by atoms with van der Waals surface area (Å²) < 4.78 is 40.3. The van der Waals surface area contributed by atoms with Crippen molar-refractivity contribution in [1.29, 1.82) is 0 Å². The number of hydrogen-bond donors (Lipinski definition) is 1. The van der Waals surface area contributed by atoms with Gasteiger partial charge in [-0.1, -0.05) is 11.6 Å². The molecule has 0 unspecified atom stereocenters. The van der Waals surface area contributed by atoms with Gasteiger partial charge in [0, 0.05) is 36.3 Å². The minimum Gasteiger partial charge on any atom is -0.465 e. The van der Waals surface area contributed by atoms with Gasteiger partial charge in [0.1, 0.15) is 0 Å². The van der Waals surface area contributed by atoms with E-state index in [0.29, 0.717) is 43.1 Å². The number of amides is 1. The minimum absolute atomic E-state index is 0.146. The first kappa shape index (κ1) is 25.5. The lowest BCUT2D eigenvalue weighted by atomic mass is 10.0. The Balaban J connectivity index is 1.72. The molecule has 2 heterocycles. The predicted molar refractivity (Wildman–Crippen MR) is 129 cm³/mol. The molecule has 3 aromatic rings. The van der Waals surface area contributed by atoms with Crippen LogP contribution >= 0.6 is 11.6 Å². The van der Waals surface area contributed by atoms with Gasteiger partial charge in [0.25, 0.3) is 0 Å². The van der Waals surface area contributed by atoms with Crippen molar-refractivity contribution >= 4 is 23.6 Å². The normalized spacial score (nSPS) is 14.6. The number of carbonyl (C=O) groups is 1. The molecule has 1 aromatic heterocycles. The molecule has 0 radical (unpaired) electrons. The first-order valence-electron chi connectivity index (χ1n) is 11.3. The van der Waals surface area contributed by atoms with E-state index in [-0.39, 0.29) is 23.5 Å². The van der Waals surface area contributed by atoms with Crippen molar-refractivity contribution in [2.45, 2.75) is 32.0 Å². The molecule has 1 amide bonds. The number of anilines is 1. The maximum absolute atomic E-state index is 13.2. The fraction of sp³-hybridized carbons (Fsp3) is 0.333. The van der Waals surface area contributed by atoms with Crippen LogP contribution in [0.1, 0.15) is 25.3 Å². The van der Waals surface area contributed by atoms with Gasteiger partial charge in [0.05, 0.1) is 11.3 Å². The van der Waals surface area contributed by atoms with Crippen LogP contribution in [-0.2, 0) is 6.18 Å². The first-order valence-corrected chi connectivity index (χ1v) is 11.7. The number of benzene rings is 2. The molecule has 1 aliphatic rings. The first-order chi connectivity index (χ1) is 17.1. The molecule has 0 bridgehead atoms. The summed E-state index contributed by atoms with van der Waals surface area (Å²) in [4.78, 5) is 36.6. The summed E-state index contributed by atoms with van der Waals surface area (Å²) in [6.45, 7) is 3.04. The Morgan fingerprint density at radius 3 is 2.22 bits per heavy atom. The van der Waals surface area contributed by atoms with E-state index >= 15 is 0 Å². The standard InChI is InChI=1S/C24H23ClF3N5O3/c1-2-32(23(35)36)18-11-13-31(14-12-18)21-29-20(15-3-7-17(25)8-4-15)33(22(34)30-21)19-9-5-16(6-10-19)24(26,27)28/h3-10,18H,2,11-14H2,1H3,(H,35,36). The summed E-state index contributed by atoms with van der Waals surface area (Å²) in [5.41, 5.74) is -0.830. The third kappa shape index (κ3) is 5.30. The molecule has 36 heavy (non-hydrogen) atoms. The average molecular weight is 522 g/mol. The van der Waals surface area contributed by atoms with Crippen LogP contribution < -0.4 is 10.6 Å². The van der Waals surface area contributed by atoms with Gasteiger partial charge in [-0.2, -0.15) is 23.1 Å². The highest BCUT2D eigenvalue weighted by atomic mass is 35.5. The van der Waals surface area contributed by atoms with Crippen molar-refractivity contribution < 1.29 is 23.1 Å². The van der Waals surface area contributed by atoms with Crippen molar-refractivity contribution in [3.8, 4) is 17.1 Å². The minimum atomic E-state index is -4.51. The molecule has 1 saturated heterocycles. The Kier molecular flexibility index (Phi) is 7.21. The topological polar surface area (TPSA) is 91.6 Å². The third-order valence-corrected chi connectivity index (χ3v) is 6.39. The predicted octanol–water partition coefficient (Wildman–Crippen LogP) is 4.94. The highest BCUT2D eigenvalue weighted by molar-refractivity contribution is 6.30. The Bertz CT molecular complexity index is 1290. The highest BCUT2D eigenvalue weighted by Crippen LogP contribution is 2.30. The summed E-state index contributed by atoms with van der Waals surface area (Å²) >= 11 is 6.01. The van der Waals surface area contributed by atoms with Crippen LogP contribution in [0.15, 0.2) is 53.3 Å². The van der Waals surface area contributed by atoms with E-state index in [0.717, 1.165) is 16.7 Å². The Morgan fingerprint density at radius 1 is 1.08 bits per heavy atom. The molecular weight excluding hydrogens is 499 g/mol. The van der Waals surface area contributed by atoms with E-state index in [1.165, 1.54) is 17.0 Å². The van der Waals surface area contributed by atoms with Gasteiger partial charge >= 0.3 is 18.0 Å². The molecule has 0 spiro atoms. The molecule has 190 valence electrons. The number of hydrogen-bond acceptors (Lipinski definition) is 5. The molecule has 8 nitrogen and oxygen atoms in total. The fourth-order valence-electron chi connectivity index (χ4n) is 4.29. The number of alkyl halides is 3. The molecule has 1 aliphatic heterocycles. The van der Waals surface area contributed by atoms with E-state index in [1.807, 2.05) is 4.90 Å². The van der Waals surface area contributed by atoms with Crippen LogP contribution in [-0.4, -0.2) is 56.3 Å². The van der Waals surface area contributed by atoms with Gasteiger partial charge < -0.3 is 14.9 Å². The van der Waals surface area contributed by atoms with Crippen molar-refractivity contribution in [2.75, 3.05) is 24.5 Å². The summed E-state index contributed by atoms with van der Waals surface area (Å²) in [5.74, 6) is 0.370. The molecule has 12 heteroatoms. The van der Waals surface area contributed by atoms with Gasteiger partial charge in [0.15, 0.2) is 5.82 Å². The van der Waals surface area contributed by atoms with Crippen molar-refractivity contribution in [2.24, 2.45) is 0 Å². The zero-order valence-electron chi connectivity index (χ0n) is 19.2. The van der Waals surface area contributed by atoms with Crippen LogP contribution in [0.2, 0.25) is 5.02 Å². The molecule has 2 aromatic carbocycles. The highest BCUT2D eigenvalue weighted by Gasteiger charge is 2.31. The Labute approximate surface area is 209 Å². The maximum atomic E-state index is 13.2. The Hall–Kier alpha value is -3.60. The second-order valence-corrected chi connectivity index (χ2v) is 8.74. The molecule has 1 N–H and O–H groups in total. The maximum Gasteiger partial charge on any atom is 0.416 e. The average Bonchev–Trinajstić information content (AvgIpc) is 2.84. The molecule has 0 atom stereocenters. The molecule has 1 fully saturated rings. The van der Waals surface area contributed by atoms with Gasteiger partial charge in [0.2, 0.25) is 5.95 Å². The van der Waals surface area contributed by atoms with E-state index in [9.17, 15) is 27.9 Å². The van der Waals surface area contributed by atoms with Crippen molar-refractivity contribution in [1.82, 2.24) is 19.4 Å². The van der Waals surface area contributed by atoms with Gasteiger partial charge in [-0.15, -0.1) is 0 Å². The zero-order chi connectivity index (χ0) is 26.0. The third-order valence-electron chi connectivity index (χ3n) is 6.13. The summed E-state index contributed by atoms with van der Waals surface area (Å²) in [6.07, 6.45) is -4.40. The number of nitrogens with zero attached hydrogens (tertiary/aromatic N) is 5. The number of rotatable bonds is 5. The lowest BCUT2D eigenvalue weighted by Gasteiger charge is -2.36. The quantitative estimate of drug-likeness (QED) is 0.511. The molecule has 0 aliphatic carbocycles. The van der Waals surface area contributed by atoms with Crippen molar-refractivity contribution in [3.63, 3.8) is 0 Å². The fourth-order valence-corrected chi connectivity index (χ4v) is 4.42. The summed E-state index contributed by atoms with van der Waals surface area (Å²) in [5, 5.41) is 9.87. The van der Waals surface area contributed by atoms with Gasteiger partial charge in [-0.05, 0) is 68.3 Å². The number of aromatic nitrogens is 3. The van der Waals surface area contributed by atoms with Gasteiger partial charge in [-0.25, -0.2) is 14.2 Å². The lowest BCUT2D eigenvalue weighted by Crippen LogP contribution is -2.47.